The van der Waals surface area contributed by atoms with Gasteiger partial charge in [-0.15, -0.1) is 0 Å². The first-order valence-corrected chi connectivity index (χ1v) is 9.64. The van der Waals surface area contributed by atoms with Gasteiger partial charge in [-0.3, -0.25) is 9.59 Å². The van der Waals surface area contributed by atoms with E-state index >= 15 is 0 Å². The predicted octanol–water partition coefficient (Wildman–Crippen LogP) is 1.28. The van der Waals surface area contributed by atoms with E-state index in [1.54, 1.807) is 30.3 Å². The number of hydrogen-bond acceptors (Lipinski definition) is 6. The summed E-state index contributed by atoms with van der Waals surface area (Å²) in [4.78, 5) is 24.4. The molecule has 8 heteroatoms. The fourth-order valence-corrected chi connectivity index (χ4v) is 4.82. The Bertz CT molecular complexity index is 855. The van der Waals surface area contributed by atoms with Crippen LogP contribution in [-0.4, -0.2) is 52.0 Å². The highest BCUT2D eigenvalue weighted by atomic mass is 32.2. The molecular weight excluding hydrogens is 358 g/mol. The number of hydrogen-bond donors (Lipinski definition) is 0. The van der Waals surface area contributed by atoms with Crippen LogP contribution in [0.25, 0.3) is 0 Å². The number of rotatable bonds is 5. The van der Waals surface area contributed by atoms with Crippen molar-refractivity contribution in [2.75, 3.05) is 27.3 Å². The molecule has 1 saturated carbocycles. The number of ether oxygens (including phenoxy) is 2. The van der Waals surface area contributed by atoms with Gasteiger partial charge in [-0.1, -0.05) is 29.3 Å². The molecule has 1 heterocycles. The summed E-state index contributed by atoms with van der Waals surface area (Å²) in [6.07, 6.45) is 2.04. The molecule has 1 unspecified atom stereocenters. The molecule has 3 rings (SSSR count). The van der Waals surface area contributed by atoms with E-state index in [2.05, 4.69) is 0 Å². The van der Waals surface area contributed by atoms with Crippen LogP contribution in [-0.2, 0) is 29.1 Å². The number of carbonyl (C=O) groups excluding carboxylic acids is 2. The smallest absolute Gasteiger partial charge is 0.323 e. The predicted molar refractivity (Wildman–Crippen MR) is 92.6 cm³/mol. The molecule has 0 bridgehead atoms. The monoisotopic (exact) mass is 379 g/mol. The van der Waals surface area contributed by atoms with E-state index < -0.39 is 27.4 Å². The maximum atomic E-state index is 12.8. The number of sulfonamides is 1. The van der Waals surface area contributed by atoms with E-state index in [0.29, 0.717) is 0 Å². The molecule has 7 nitrogen and oxygen atoms in total. The summed E-state index contributed by atoms with van der Waals surface area (Å²) in [6.45, 7) is 2.25. The Kier molecular flexibility index (Phi) is 4.66. The highest BCUT2D eigenvalue weighted by Crippen LogP contribution is 2.58. The van der Waals surface area contributed by atoms with Gasteiger partial charge in [0.2, 0.25) is 10.0 Å². The fraction of sp³-hybridized carbons (Fsp3) is 0.444. The largest absolute Gasteiger partial charge is 0.468 e. The maximum Gasteiger partial charge on any atom is 0.323 e. The zero-order valence-corrected chi connectivity index (χ0v) is 15.7. The molecule has 0 radical (unpaired) electrons. The third-order valence-electron chi connectivity index (χ3n) is 5.08. The number of benzene rings is 1. The molecule has 0 aromatic heterocycles. The molecule has 1 aromatic rings. The second-order valence-electron chi connectivity index (χ2n) is 6.60. The zero-order valence-electron chi connectivity index (χ0n) is 14.9. The quantitative estimate of drug-likeness (QED) is 0.435. The lowest BCUT2D eigenvalue weighted by atomic mass is 9.99. The summed E-state index contributed by atoms with van der Waals surface area (Å²) in [5.41, 5.74) is 0.374. The normalized spacial score (nSPS) is 21.8. The molecule has 0 spiro atoms. The fourth-order valence-electron chi connectivity index (χ4n) is 3.46. The molecule has 1 aromatic carbocycles. The van der Waals surface area contributed by atoms with E-state index in [1.165, 1.54) is 18.5 Å². The molecule has 0 N–H and O–H groups in total. The Labute approximate surface area is 152 Å². The Morgan fingerprint density at radius 1 is 1.12 bits per heavy atom. The Morgan fingerprint density at radius 3 is 2.23 bits per heavy atom. The number of nitrogens with zero attached hydrogens (tertiary/aromatic N) is 1. The average Bonchev–Trinajstić information content (AvgIpc) is 3.19. The average molecular weight is 379 g/mol. The number of carbonyl (C=O) groups is 2. The number of esters is 2. The van der Waals surface area contributed by atoms with Crippen LogP contribution in [0.5, 0.6) is 0 Å². The Morgan fingerprint density at radius 2 is 1.69 bits per heavy atom. The van der Waals surface area contributed by atoms with Crippen LogP contribution in [0.4, 0.5) is 0 Å². The van der Waals surface area contributed by atoms with Crippen molar-refractivity contribution in [2.24, 2.45) is 11.3 Å². The summed E-state index contributed by atoms with van der Waals surface area (Å²) in [6, 6.07) is 6.65. The van der Waals surface area contributed by atoms with Crippen LogP contribution in [0.2, 0.25) is 0 Å². The van der Waals surface area contributed by atoms with E-state index in [1.807, 2.05) is 6.92 Å². The lowest BCUT2D eigenvalue weighted by molar-refractivity contribution is -0.161. The summed E-state index contributed by atoms with van der Waals surface area (Å²) < 4.78 is 36.4. The standard InChI is InChI=1S/C18H21NO6S/c1-12-4-6-14(7-5-12)26(22,23)19-9-8-13(11-19)15-10-18(15,16(20)24-2)17(21)25-3/h4-8,15H,9-11H2,1-3H3. The molecule has 2 aliphatic rings. The topological polar surface area (TPSA) is 90.0 Å². The molecule has 1 fully saturated rings. The van der Waals surface area contributed by atoms with Gasteiger partial charge in [-0.05, 0) is 25.5 Å². The molecule has 26 heavy (non-hydrogen) atoms. The van der Waals surface area contributed by atoms with Crippen LogP contribution in [0.3, 0.4) is 0 Å². The van der Waals surface area contributed by atoms with Crippen molar-refractivity contribution < 1.29 is 27.5 Å². The van der Waals surface area contributed by atoms with Crippen molar-refractivity contribution in [3.8, 4) is 0 Å². The highest BCUT2D eigenvalue weighted by Gasteiger charge is 2.69. The van der Waals surface area contributed by atoms with Crippen molar-refractivity contribution in [1.82, 2.24) is 4.31 Å². The minimum absolute atomic E-state index is 0.149. The van der Waals surface area contributed by atoms with Gasteiger partial charge in [0.25, 0.3) is 0 Å². The van der Waals surface area contributed by atoms with Crippen LogP contribution in [0.1, 0.15) is 12.0 Å². The minimum Gasteiger partial charge on any atom is -0.468 e. The number of aryl methyl sites for hydroxylation is 1. The van der Waals surface area contributed by atoms with Gasteiger partial charge in [0.05, 0.1) is 19.1 Å². The maximum absolute atomic E-state index is 12.8. The van der Waals surface area contributed by atoms with Gasteiger partial charge in [-0.25, -0.2) is 8.42 Å². The molecule has 0 saturated heterocycles. The Balaban J connectivity index is 1.78. The lowest BCUT2D eigenvalue weighted by Crippen LogP contribution is -2.32. The Hall–Kier alpha value is -2.19. The molecule has 1 atom stereocenters. The summed E-state index contributed by atoms with van der Waals surface area (Å²) in [7, 11) is -1.19. The van der Waals surface area contributed by atoms with Crippen molar-refractivity contribution >= 4 is 22.0 Å². The SMILES string of the molecule is COC(=O)C1(C(=O)OC)CC1C1=CCN(S(=O)(=O)c2ccc(C)cc2)C1. The number of methoxy groups -OCH3 is 2. The van der Waals surface area contributed by atoms with Crippen LogP contribution in [0.15, 0.2) is 40.8 Å². The van der Waals surface area contributed by atoms with Crippen molar-refractivity contribution in [1.29, 1.82) is 0 Å². The van der Waals surface area contributed by atoms with Crippen molar-refractivity contribution in [3.63, 3.8) is 0 Å². The van der Waals surface area contributed by atoms with E-state index in [9.17, 15) is 18.0 Å². The molecule has 140 valence electrons. The van der Waals surface area contributed by atoms with Gasteiger partial charge >= 0.3 is 11.9 Å². The summed E-state index contributed by atoms with van der Waals surface area (Å²) >= 11 is 0. The van der Waals surface area contributed by atoms with Crippen LogP contribution >= 0.6 is 0 Å². The molecular formula is C18H21NO6S. The first kappa shape index (κ1) is 18.6. The van der Waals surface area contributed by atoms with Gasteiger partial charge in [0.1, 0.15) is 0 Å². The van der Waals surface area contributed by atoms with E-state index in [4.69, 9.17) is 9.47 Å². The van der Waals surface area contributed by atoms with E-state index in [0.717, 1.165) is 11.1 Å². The van der Waals surface area contributed by atoms with E-state index in [-0.39, 0.29) is 30.3 Å². The first-order valence-electron chi connectivity index (χ1n) is 8.20. The molecule has 1 aliphatic carbocycles. The van der Waals surface area contributed by atoms with Crippen LogP contribution < -0.4 is 0 Å². The lowest BCUT2D eigenvalue weighted by Gasteiger charge is -2.17. The van der Waals surface area contributed by atoms with Crippen molar-refractivity contribution in [3.05, 3.63) is 41.5 Å². The van der Waals surface area contributed by atoms with Gasteiger partial charge in [0, 0.05) is 19.0 Å². The molecule has 0 amide bonds. The third-order valence-corrected chi connectivity index (χ3v) is 6.91. The highest BCUT2D eigenvalue weighted by molar-refractivity contribution is 7.89. The molecule has 1 aliphatic heterocycles. The van der Waals surface area contributed by atoms with Gasteiger partial charge in [0.15, 0.2) is 5.41 Å². The summed E-state index contributed by atoms with van der Waals surface area (Å²) in [5.74, 6) is -1.68. The van der Waals surface area contributed by atoms with Crippen molar-refractivity contribution in [2.45, 2.75) is 18.2 Å². The zero-order chi connectivity index (χ0) is 19.1. The minimum atomic E-state index is -3.63. The summed E-state index contributed by atoms with van der Waals surface area (Å²) in [5, 5.41) is 0. The van der Waals surface area contributed by atoms with Crippen LogP contribution in [0, 0.1) is 18.3 Å². The second-order valence-corrected chi connectivity index (χ2v) is 8.54. The van der Waals surface area contributed by atoms with Gasteiger partial charge in [-0.2, -0.15) is 4.31 Å². The third kappa shape index (κ3) is 2.83. The van der Waals surface area contributed by atoms with Gasteiger partial charge < -0.3 is 9.47 Å². The first-order chi connectivity index (χ1) is 12.3. The second kappa shape index (κ2) is 6.51.